The number of thiocarbonyl (C=S) groups is 1. The highest BCUT2D eigenvalue weighted by Crippen LogP contribution is 2.32. The smallest absolute Gasteiger partial charge is 0.256 e. The zero-order valence-electron chi connectivity index (χ0n) is 15.0. The first-order valence-electron chi connectivity index (χ1n) is 8.92. The molecule has 5 nitrogen and oxygen atoms in total. The van der Waals surface area contributed by atoms with E-state index in [1.54, 1.807) is 30.0 Å². The van der Waals surface area contributed by atoms with E-state index in [0.29, 0.717) is 0 Å². The zero-order valence-corrected chi connectivity index (χ0v) is 15.8. The minimum Gasteiger partial charge on any atom is -0.378 e. The Morgan fingerprint density at radius 1 is 1.04 bits per heavy atom. The van der Waals surface area contributed by atoms with Gasteiger partial charge in [0.05, 0.1) is 18.9 Å². The number of halogens is 1. The fraction of sp³-hybridized carbons (Fsp3) is 0.300. The van der Waals surface area contributed by atoms with Crippen LogP contribution in [0.3, 0.4) is 0 Å². The number of carbonyl (C=O) groups excluding carboxylic acids is 1. The van der Waals surface area contributed by atoms with E-state index in [1.165, 1.54) is 11.0 Å². The molecule has 1 atom stereocenters. The SMILES string of the molecule is CC1C(=O)N(c2ccccc2F)C(=S)N1c1ccc(N2CCOCC2)cc1. The third-order valence-electron chi connectivity index (χ3n) is 4.96. The summed E-state index contributed by atoms with van der Waals surface area (Å²) in [6.07, 6.45) is 0. The fourth-order valence-corrected chi connectivity index (χ4v) is 3.95. The molecule has 0 radical (unpaired) electrons. The topological polar surface area (TPSA) is 36.0 Å². The van der Waals surface area contributed by atoms with Gasteiger partial charge in [-0.2, -0.15) is 0 Å². The van der Waals surface area contributed by atoms with Crippen LogP contribution < -0.4 is 14.7 Å². The van der Waals surface area contributed by atoms with Crippen LogP contribution >= 0.6 is 12.2 Å². The van der Waals surface area contributed by atoms with Crippen molar-refractivity contribution < 1.29 is 13.9 Å². The average molecular weight is 385 g/mol. The van der Waals surface area contributed by atoms with Crippen molar-refractivity contribution >= 4 is 40.3 Å². The molecule has 2 aromatic carbocycles. The molecule has 2 aliphatic rings. The maximum Gasteiger partial charge on any atom is 0.256 e. The third kappa shape index (κ3) is 3.17. The van der Waals surface area contributed by atoms with Gasteiger partial charge in [-0.1, -0.05) is 12.1 Å². The molecule has 2 fully saturated rings. The third-order valence-corrected chi connectivity index (χ3v) is 5.34. The van der Waals surface area contributed by atoms with Crippen molar-refractivity contribution in [3.63, 3.8) is 0 Å². The van der Waals surface area contributed by atoms with Gasteiger partial charge in [-0.3, -0.25) is 9.69 Å². The number of ether oxygens (including phenoxy) is 1. The van der Waals surface area contributed by atoms with Crippen LogP contribution in [-0.4, -0.2) is 43.4 Å². The summed E-state index contributed by atoms with van der Waals surface area (Å²) in [5.74, 6) is -0.702. The largest absolute Gasteiger partial charge is 0.378 e. The van der Waals surface area contributed by atoms with Crippen LogP contribution in [0, 0.1) is 5.82 Å². The molecule has 0 bridgehead atoms. The molecule has 4 rings (SSSR count). The second-order valence-corrected chi connectivity index (χ2v) is 6.93. The molecule has 0 saturated carbocycles. The van der Waals surface area contributed by atoms with E-state index in [4.69, 9.17) is 17.0 Å². The lowest BCUT2D eigenvalue weighted by atomic mass is 10.2. The van der Waals surface area contributed by atoms with Crippen LogP contribution in [0.1, 0.15) is 6.92 Å². The predicted octanol–water partition coefficient (Wildman–Crippen LogP) is 3.19. The van der Waals surface area contributed by atoms with E-state index in [0.717, 1.165) is 37.7 Å². The van der Waals surface area contributed by atoms with Gasteiger partial charge >= 0.3 is 0 Å². The molecule has 140 valence electrons. The molecular formula is C20H20FN3O2S. The van der Waals surface area contributed by atoms with Crippen LogP contribution in [0.25, 0.3) is 0 Å². The molecule has 1 amide bonds. The number of nitrogens with zero attached hydrogens (tertiary/aromatic N) is 3. The van der Waals surface area contributed by atoms with Gasteiger partial charge in [-0.15, -0.1) is 0 Å². The van der Waals surface area contributed by atoms with Crippen LogP contribution in [0.2, 0.25) is 0 Å². The summed E-state index contributed by atoms with van der Waals surface area (Å²) >= 11 is 5.54. The first kappa shape index (κ1) is 17.9. The molecule has 2 saturated heterocycles. The standard InChI is InChI=1S/C20H20FN3O2S/c1-14-19(25)24(18-5-3-2-4-17(18)21)20(27)23(14)16-8-6-15(7-9-16)22-10-12-26-13-11-22/h2-9,14H,10-13H2,1H3. The second kappa shape index (κ2) is 7.25. The highest BCUT2D eigenvalue weighted by Gasteiger charge is 2.42. The number of hydrogen-bond donors (Lipinski definition) is 0. The number of para-hydroxylation sites is 1. The molecule has 7 heteroatoms. The lowest BCUT2D eigenvalue weighted by Gasteiger charge is -2.29. The normalized spacial score (nSPS) is 20.5. The van der Waals surface area contributed by atoms with Crippen molar-refractivity contribution in [2.45, 2.75) is 13.0 Å². The van der Waals surface area contributed by atoms with Crippen molar-refractivity contribution in [2.24, 2.45) is 0 Å². The first-order chi connectivity index (χ1) is 13.1. The molecule has 27 heavy (non-hydrogen) atoms. The molecule has 0 aromatic heterocycles. The van der Waals surface area contributed by atoms with Gasteiger partial charge in [0.15, 0.2) is 5.11 Å². The Bertz CT molecular complexity index is 868. The number of morpholine rings is 1. The van der Waals surface area contributed by atoms with Gasteiger partial charge in [0.2, 0.25) is 0 Å². The van der Waals surface area contributed by atoms with Crippen molar-refractivity contribution in [1.82, 2.24) is 0 Å². The van der Waals surface area contributed by atoms with E-state index in [1.807, 2.05) is 24.3 Å². The molecular weight excluding hydrogens is 365 g/mol. The number of hydrogen-bond acceptors (Lipinski definition) is 4. The summed E-state index contributed by atoms with van der Waals surface area (Å²) in [7, 11) is 0. The number of carbonyl (C=O) groups is 1. The minimum absolute atomic E-state index is 0.187. The van der Waals surface area contributed by atoms with E-state index in [-0.39, 0.29) is 16.7 Å². The van der Waals surface area contributed by atoms with E-state index >= 15 is 0 Å². The predicted molar refractivity (Wildman–Crippen MR) is 108 cm³/mol. The number of benzene rings is 2. The van der Waals surface area contributed by atoms with Gasteiger partial charge in [0.25, 0.3) is 5.91 Å². The van der Waals surface area contributed by atoms with Crippen LogP contribution in [0.5, 0.6) is 0 Å². The van der Waals surface area contributed by atoms with Crippen LogP contribution in [0.15, 0.2) is 48.5 Å². The maximum absolute atomic E-state index is 14.2. The lowest BCUT2D eigenvalue weighted by molar-refractivity contribution is -0.117. The molecule has 0 N–H and O–H groups in total. The first-order valence-corrected chi connectivity index (χ1v) is 9.33. The van der Waals surface area contributed by atoms with Crippen molar-refractivity contribution in [3.05, 3.63) is 54.3 Å². The Morgan fingerprint density at radius 3 is 2.33 bits per heavy atom. The van der Waals surface area contributed by atoms with Crippen molar-refractivity contribution in [1.29, 1.82) is 0 Å². The molecule has 2 aliphatic heterocycles. The van der Waals surface area contributed by atoms with Gasteiger partial charge in [0.1, 0.15) is 11.9 Å². The summed E-state index contributed by atoms with van der Waals surface area (Å²) in [6.45, 7) is 4.95. The maximum atomic E-state index is 14.2. The van der Waals surface area contributed by atoms with Gasteiger partial charge in [-0.05, 0) is 55.5 Å². The average Bonchev–Trinajstić information content (AvgIpc) is 2.92. The number of anilines is 3. The summed E-state index contributed by atoms with van der Waals surface area (Å²) in [6, 6.07) is 13.6. The van der Waals surface area contributed by atoms with Crippen LogP contribution in [0.4, 0.5) is 21.5 Å². The quantitative estimate of drug-likeness (QED) is 0.759. The van der Waals surface area contributed by atoms with E-state index in [2.05, 4.69) is 4.90 Å². The molecule has 2 heterocycles. The molecule has 0 aliphatic carbocycles. The van der Waals surface area contributed by atoms with Gasteiger partial charge < -0.3 is 14.5 Å². The van der Waals surface area contributed by atoms with E-state index < -0.39 is 11.9 Å². The summed E-state index contributed by atoms with van der Waals surface area (Å²) < 4.78 is 19.6. The minimum atomic E-state index is -0.494. The summed E-state index contributed by atoms with van der Waals surface area (Å²) in [5, 5.41) is 0.289. The monoisotopic (exact) mass is 385 g/mol. The molecule has 1 unspecified atom stereocenters. The lowest BCUT2D eigenvalue weighted by Crippen LogP contribution is -2.36. The Balaban J connectivity index is 1.61. The number of amides is 1. The highest BCUT2D eigenvalue weighted by atomic mass is 32.1. The summed E-state index contributed by atoms with van der Waals surface area (Å²) in [5.41, 5.74) is 2.11. The Kier molecular flexibility index (Phi) is 4.80. The van der Waals surface area contributed by atoms with Crippen molar-refractivity contribution in [3.8, 4) is 0 Å². The number of rotatable bonds is 3. The van der Waals surface area contributed by atoms with Gasteiger partial charge in [0, 0.05) is 24.5 Å². The van der Waals surface area contributed by atoms with Gasteiger partial charge in [-0.25, -0.2) is 4.39 Å². The Hall–Kier alpha value is -2.51. The Labute approximate surface area is 162 Å². The van der Waals surface area contributed by atoms with Crippen molar-refractivity contribution in [2.75, 3.05) is 41.0 Å². The van der Waals surface area contributed by atoms with Crippen LogP contribution in [-0.2, 0) is 9.53 Å². The molecule has 0 spiro atoms. The molecule has 2 aromatic rings. The highest BCUT2D eigenvalue weighted by molar-refractivity contribution is 7.81. The summed E-state index contributed by atoms with van der Waals surface area (Å²) in [4.78, 5) is 18.1. The fourth-order valence-electron chi connectivity index (χ4n) is 3.50. The Morgan fingerprint density at radius 2 is 1.67 bits per heavy atom. The zero-order chi connectivity index (χ0) is 19.0. The second-order valence-electron chi connectivity index (χ2n) is 6.57. The van der Waals surface area contributed by atoms with E-state index in [9.17, 15) is 9.18 Å².